The maximum Gasteiger partial charge on any atom is 0.291 e. The second-order valence-electron chi connectivity index (χ2n) is 15.2. The lowest BCUT2D eigenvalue weighted by atomic mass is 9.84. The first kappa shape index (κ1) is 48.2. The zero-order valence-electron chi connectivity index (χ0n) is 36.3. The van der Waals surface area contributed by atoms with E-state index in [2.05, 4.69) is 16.0 Å². The zero-order valence-corrected chi connectivity index (χ0v) is 36.3. The van der Waals surface area contributed by atoms with Crippen molar-refractivity contribution in [2.75, 3.05) is 19.6 Å². The van der Waals surface area contributed by atoms with Gasteiger partial charge in [0.05, 0.1) is 18.8 Å². The SMILES string of the molecule is O=C(NCCCC(CCCNC(=O)c1occc(=O)c1OCc1ccccc1)(CCCNC(=O)c1occc(=O)c1OCc1ccccc1)[N+](=O)[O-])c1occc(=O)c1OCc1ccccc1. The highest BCUT2D eigenvalue weighted by atomic mass is 16.6. The molecule has 0 saturated heterocycles. The molecule has 0 aliphatic carbocycles. The largest absolute Gasteiger partial charge is 0.481 e. The topological polar surface area (TPSA) is 249 Å². The Morgan fingerprint density at radius 2 is 0.761 bits per heavy atom. The second-order valence-corrected chi connectivity index (χ2v) is 15.2. The molecular formula is C49H48N4O14. The Hall–Kier alpha value is -8.28. The lowest BCUT2D eigenvalue weighted by Crippen LogP contribution is -2.41. The molecule has 0 saturated carbocycles. The minimum atomic E-state index is -1.63. The maximum absolute atomic E-state index is 13.3. The van der Waals surface area contributed by atoms with Gasteiger partial charge in [0.15, 0.2) is 0 Å². The van der Waals surface area contributed by atoms with Crippen LogP contribution in [0.4, 0.5) is 0 Å². The van der Waals surface area contributed by atoms with Gasteiger partial charge in [-0.25, -0.2) is 0 Å². The van der Waals surface area contributed by atoms with Gasteiger partial charge in [-0.2, -0.15) is 0 Å². The summed E-state index contributed by atoms with van der Waals surface area (Å²) in [7, 11) is 0. The third-order valence-corrected chi connectivity index (χ3v) is 10.5. The molecule has 0 aliphatic rings. The first-order valence-electron chi connectivity index (χ1n) is 21.4. The highest BCUT2D eigenvalue weighted by Gasteiger charge is 2.41. The van der Waals surface area contributed by atoms with Crippen LogP contribution >= 0.6 is 0 Å². The van der Waals surface area contributed by atoms with Crippen LogP contribution in [-0.4, -0.2) is 47.8 Å². The van der Waals surface area contributed by atoms with Crippen molar-refractivity contribution in [1.29, 1.82) is 0 Å². The van der Waals surface area contributed by atoms with Crippen molar-refractivity contribution in [3.8, 4) is 17.2 Å². The average Bonchev–Trinajstić information content (AvgIpc) is 3.34. The number of carbonyl (C=O) groups is 3. The number of nitrogens with one attached hydrogen (secondary N) is 3. The normalized spacial score (nSPS) is 11.0. The minimum absolute atomic E-state index is 0.00581. The molecule has 0 fully saturated rings. The lowest BCUT2D eigenvalue weighted by molar-refractivity contribution is -0.574. The molecule has 67 heavy (non-hydrogen) atoms. The molecule has 3 heterocycles. The summed E-state index contributed by atoms with van der Waals surface area (Å²) >= 11 is 0. The summed E-state index contributed by atoms with van der Waals surface area (Å²) < 4.78 is 33.2. The molecule has 0 spiro atoms. The van der Waals surface area contributed by atoms with Crippen molar-refractivity contribution < 1.29 is 46.8 Å². The van der Waals surface area contributed by atoms with E-state index < -0.39 is 44.5 Å². The predicted molar refractivity (Wildman–Crippen MR) is 242 cm³/mol. The van der Waals surface area contributed by atoms with Gasteiger partial charge < -0.3 is 43.4 Å². The average molecular weight is 917 g/mol. The summed E-state index contributed by atoms with van der Waals surface area (Å²) in [5, 5.41) is 21.0. The van der Waals surface area contributed by atoms with Crippen molar-refractivity contribution in [2.24, 2.45) is 0 Å². The lowest BCUT2D eigenvalue weighted by Gasteiger charge is -2.26. The first-order chi connectivity index (χ1) is 32.5. The van der Waals surface area contributed by atoms with Gasteiger partial charge in [-0.05, 0) is 36.0 Å². The number of nitro groups is 1. The fourth-order valence-corrected chi connectivity index (χ4v) is 7.03. The Morgan fingerprint density at radius 3 is 1.03 bits per heavy atom. The molecule has 6 rings (SSSR count). The van der Waals surface area contributed by atoms with E-state index in [4.69, 9.17) is 27.5 Å². The van der Waals surface area contributed by atoms with Crippen LogP contribution in [0.25, 0.3) is 0 Å². The summed E-state index contributed by atoms with van der Waals surface area (Å²) in [5.41, 5.74) is -1.10. The third kappa shape index (κ3) is 13.6. The molecule has 0 bridgehead atoms. The Kier molecular flexibility index (Phi) is 17.4. The van der Waals surface area contributed by atoms with Gasteiger partial charge in [-0.3, -0.25) is 38.9 Å². The molecule has 3 aromatic carbocycles. The Morgan fingerprint density at radius 1 is 0.478 bits per heavy atom. The molecule has 0 radical (unpaired) electrons. The van der Waals surface area contributed by atoms with E-state index in [1.54, 1.807) is 72.8 Å². The molecule has 3 aromatic heterocycles. The molecule has 0 unspecified atom stereocenters. The number of hydrogen-bond donors (Lipinski definition) is 3. The summed E-state index contributed by atoms with van der Waals surface area (Å²) in [4.78, 5) is 90.5. The Balaban J connectivity index is 1.10. The van der Waals surface area contributed by atoms with Gasteiger partial charge in [0.25, 0.3) is 17.7 Å². The standard InChI is InChI=1S/C49H48N4O14/c54-37-19-28-62-43(40(37)65-31-34-13-4-1-5-14-34)46(57)50-25-10-22-49(53(60)61,23-11-26-51-47(58)44-41(38(55)20-29-63-44)66-32-35-15-6-2-7-16-35)24-12-27-52-48(59)45-42(39(56)21-30-64-45)67-33-36-17-8-3-9-18-36/h1-9,13-21,28-30H,10-12,22-27,31-33H2,(H,50,57)(H,51,58)(H,52,59). The van der Waals surface area contributed by atoms with E-state index >= 15 is 0 Å². The van der Waals surface area contributed by atoms with Crippen LogP contribution in [0.15, 0.2) is 156 Å². The smallest absolute Gasteiger partial charge is 0.291 e. The molecule has 348 valence electrons. The zero-order chi connectivity index (χ0) is 47.4. The van der Waals surface area contributed by atoms with Crippen LogP contribution in [0, 0.1) is 10.1 Å². The van der Waals surface area contributed by atoms with Crippen molar-refractivity contribution in [1.82, 2.24) is 16.0 Å². The molecule has 0 aliphatic heterocycles. The number of carbonyl (C=O) groups excluding carboxylic acids is 3. The van der Waals surface area contributed by atoms with Crippen LogP contribution in [0.5, 0.6) is 17.2 Å². The summed E-state index contributed by atoms with van der Waals surface area (Å²) in [6.45, 7) is -0.195. The fourth-order valence-electron chi connectivity index (χ4n) is 7.03. The minimum Gasteiger partial charge on any atom is -0.481 e. The van der Waals surface area contributed by atoms with E-state index in [1.807, 2.05) is 18.2 Å². The van der Waals surface area contributed by atoms with Crippen LogP contribution in [0.1, 0.15) is 86.9 Å². The molecular weight excluding hydrogens is 869 g/mol. The number of ether oxygens (including phenoxy) is 3. The van der Waals surface area contributed by atoms with Gasteiger partial charge >= 0.3 is 0 Å². The quantitative estimate of drug-likeness (QED) is 0.0327. The van der Waals surface area contributed by atoms with Crippen LogP contribution in [0.3, 0.4) is 0 Å². The number of nitrogens with zero attached hydrogens (tertiary/aromatic N) is 1. The van der Waals surface area contributed by atoms with E-state index in [1.165, 1.54) is 0 Å². The van der Waals surface area contributed by atoms with Crippen molar-refractivity contribution >= 4 is 17.7 Å². The molecule has 3 amide bonds. The highest BCUT2D eigenvalue weighted by Crippen LogP contribution is 2.29. The summed E-state index contributed by atoms with van der Waals surface area (Å²) in [6.07, 6.45) is 3.30. The maximum atomic E-state index is 13.3. The predicted octanol–water partition coefficient (Wildman–Crippen LogP) is 6.23. The number of hydrogen-bond acceptors (Lipinski definition) is 14. The van der Waals surface area contributed by atoms with E-state index in [-0.39, 0.29) is 113 Å². The van der Waals surface area contributed by atoms with E-state index in [9.17, 15) is 38.9 Å². The number of rotatable bonds is 25. The van der Waals surface area contributed by atoms with Gasteiger partial charge in [0.2, 0.25) is 56.4 Å². The second kappa shape index (κ2) is 24.1. The molecule has 0 atom stereocenters. The number of amides is 3. The fraction of sp³-hybridized carbons (Fsp3) is 0.265. The van der Waals surface area contributed by atoms with Gasteiger partial charge in [0.1, 0.15) is 19.8 Å². The van der Waals surface area contributed by atoms with Crippen molar-refractivity contribution in [2.45, 2.75) is 63.9 Å². The number of benzene rings is 3. The molecule has 18 nitrogen and oxygen atoms in total. The first-order valence-corrected chi connectivity index (χ1v) is 21.4. The highest BCUT2D eigenvalue weighted by molar-refractivity contribution is 5.94. The Labute approximate surface area is 383 Å². The summed E-state index contributed by atoms with van der Waals surface area (Å²) in [5.74, 6) is -4.25. The van der Waals surface area contributed by atoms with Crippen LogP contribution in [0.2, 0.25) is 0 Å². The van der Waals surface area contributed by atoms with Gasteiger partial charge in [0, 0.05) is 62.0 Å². The van der Waals surface area contributed by atoms with Gasteiger partial charge in [-0.15, -0.1) is 0 Å². The molecule has 18 heteroatoms. The van der Waals surface area contributed by atoms with E-state index in [0.29, 0.717) is 0 Å². The van der Waals surface area contributed by atoms with Gasteiger partial charge in [-0.1, -0.05) is 91.0 Å². The Bertz CT molecular complexity index is 2480. The van der Waals surface area contributed by atoms with Crippen LogP contribution in [-0.2, 0) is 19.8 Å². The third-order valence-electron chi connectivity index (χ3n) is 10.5. The van der Waals surface area contributed by atoms with Crippen LogP contribution < -0.4 is 46.4 Å². The monoisotopic (exact) mass is 916 g/mol. The van der Waals surface area contributed by atoms with E-state index in [0.717, 1.165) is 53.7 Å². The molecule has 6 aromatic rings. The summed E-state index contributed by atoms with van der Waals surface area (Å²) in [6, 6.07) is 30.3. The van der Waals surface area contributed by atoms with Crippen molar-refractivity contribution in [3.63, 3.8) is 0 Å². The molecule has 3 N–H and O–H groups in total. The van der Waals surface area contributed by atoms with Crippen molar-refractivity contribution in [3.05, 3.63) is 203 Å².